The van der Waals surface area contributed by atoms with E-state index in [-0.39, 0.29) is 0 Å². The zero-order valence-electron chi connectivity index (χ0n) is 7.20. The van der Waals surface area contributed by atoms with Gasteiger partial charge in [-0.15, -0.1) is 0 Å². The predicted octanol–water partition coefficient (Wildman–Crippen LogP) is 2.11. The third-order valence-corrected chi connectivity index (χ3v) is 2.85. The number of hydrogen-bond donors (Lipinski definition) is 2. The molecule has 1 aromatic carbocycles. The lowest BCUT2D eigenvalue weighted by molar-refractivity contribution is 0.467. The van der Waals surface area contributed by atoms with E-state index < -0.39 is 0 Å². The fourth-order valence-corrected chi connectivity index (χ4v) is 1.89. The molecule has 13 heavy (non-hydrogen) atoms. The van der Waals surface area contributed by atoms with Crippen molar-refractivity contribution in [2.24, 2.45) is 11.7 Å². The van der Waals surface area contributed by atoms with Gasteiger partial charge in [0.2, 0.25) is 0 Å². The largest absolute Gasteiger partial charge is 0.508 e. The van der Waals surface area contributed by atoms with Crippen molar-refractivity contribution in [1.29, 1.82) is 0 Å². The third-order valence-electron chi connectivity index (χ3n) is 2.61. The van der Waals surface area contributed by atoms with Crippen LogP contribution in [0.4, 0.5) is 0 Å². The Morgan fingerprint density at radius 3 is 2.92 bits per heavy atom. The van der Waals surface area contributed by atoms with Crippen LogP contribution < -0.4 is 5.73 Å². The molecule has 0 heterocycles. The summed E-state index contributed by atoms with van der Waals surface area (Å²) < 4.78 is 0. The highest BCUT2D eigenvalue weighted by Crippen LogP contribution is 2.49. The fraction of sp³-hybridized carbons (Fsp3) is 0.400. The number of hydrogen-bond acceptors (Lipinski definition) is 2. The topological polar surface area (TPSA) is 46.2 Å². The van der Waals surface area contributed by atoms with E-state index in [1.54, 1.807) is 12.1 Å². The monoisotopic (exact) mass is 197 g/mol. The summed E-state index contributed by atoms with van der Waals surface area (Å²) in [6, 6.07) is 5.17. The van der Waals surface area contributed by atoms with Crippen LogP contribution in [-0.2, 0) is 0 Å². The number of nitrogens with two attached hydrogens (primary N) is 1. The molecule has 0 amide bonds. The number of aromatic hydroxyl groups is 1. The van der Waals surface area contributed by atoms with E-state index in [9.17, 15) is 5.11 Å². The number of phenols is 1. The lowest BCUT2D eigenvalue weighted by Crippen LogP contribution is -2.01. The van der Waals surface area contributed by atoms with Gasteiger partial charge < -0.3 is 10.8 Å². The molecule has 0 aliphatic heterocycles. The molecule has 2 rings (SSSR count). The number of benzene rings is 1. The second-order valence-corrected chi connectivity index (χ2v) is 3.98. The van der Waals surface area contributed by atoms with Crippen LogP contribution in [0.1, 0.15) is 17.9 Å². The van der Waals surface area contributed by atoms with Crippen molar-refractivity contribution in [2.45, 2.75) is 12.3 Å². The lowest BCUT2D eigenvalue weighted by Gasteiger charge is -2.03. The first kappa shape index (κ1) is 8.85. The SMILES string of the molecule is NC[C@@H]1C[C@H]1c1cc(Cl)ccc1O. The van der Waals surface area contributed by atoms with Gasteiger partial charge in [0.05, 0.1) is 0 Å². The van der Waals surface area contributed by atoms with E-state index >= 15 is 0 Å². The lowest BCUT2D eigenvalue weighted by atomic mass is 10.1. The van der Waals surface area contributed by atoms with Gasteiger partial charge in [0, 0.05) is 5.02 Å². The Hall–Kier alpha value is -0.730. The van der Waals surface area contributed by atoms with Crippen LogP contribution in [0.5, 0.6) is 5.75 Å². The Morgan fingerprint density at radius 1 is 1.54 bits per heavy atom. The molecule has 1 saturated carbocycles. The summed E-state index contributed by atoms with van der Waals surface area (Å²) in [6.07, 6.45) is 1.07. The van der Waals surface area contributed by atoms with Gasteiger partial charge >= 0.3 is 0 Å². The van der Waals surface area contributed by atoms with Crippen LogP contribution in [-0.4, -0.2) is 11.7 Å². The van der Waals surface area contributed by atoms with E-state index in [2.05, 4.69) is 0 Å². The molecule has 0 unspecified atom stereocenters. The van der Waals surface area contributed by atoms with Crippen LogP contribution >= 0.6 is 11.6 Å². The van der Waals surface area contributed by atoms with Gasteiger partial charge in [-0.3, -0.25) is 0 Å². The summed E-state index contributed by atoms with van der Waals surface area (Å²) in [6.45, 7) is 0.691. The van der Waals surface area contributed by atoms with Crippen molar-refractivity contribution in [3.63, 3.8) is 0 Å². The van der Waals surface area contributed by atoms with Gasteiger partial charge in [0.25, 0.3) is 0 Å². The van der Waals surface area contributed by atoms with Crippen LogP contribution in [0.25, 0.3) is 0 Å². The normalized spacial score (nSPS) is 26.0. The Labute approximate surface area is 82.3 Å². The minimum atomic E-state index is 0.338. The first-order valence-electron chi connectivity index (χ1n) is 4.41. The van der Waals surface area contributed by atoms with Crippen molar-refractivity contribution in [3.8, 4) is 5.75 Å². The molecule has 3 N–H and O–H groups in total. The maximum Gasteiger partial charge on any atom is 0.119 e. The van der Waals surface area contributed by atoms with Crippen molar-refractivity contribution < 1.29 is 5.11 Å². The summed E-state index contributed by atoms with van der Waals surface area (Å²) >= 11 is 5.84. The third kappa shape index (κ3) is 1.64. The van der Waals surface area contributed by atoms with Gasteiger partial charge in [-0.25, -0.2) is 0 Å². The van der Waals surface area contributed by atoms with Crippen molar-refractivity contribution in [1.82, 2.24) is 0 Å². The van der Waals surface area contributed by atoms with E-state index in [0.29, 0.717) is 29.2 Å². The Kier molecular flexibility index (Phi) is 2.18. The van der Waals surface area contributed by atoms with Gasteiger partial charge in [-0.1, -0.05) is 11.6 Å². The van der Waals surface area contributed by atoms with Crippen molar-refractivity contribution in [3.05, 3.63) is 28.8 Å². The minimum absolute atomic E-state index is 0.338. The molecule has 1 fully saturated rings. The van der Waals surface area contributed by atoms with Crippen LogP contribution in [0.15, 0.2) is 18.2 Å². The predicted molar refractivity (Wildman–Crippen MR) is 53.0 cm³/mol. The molecule has 0 radical (unpaired) electrons. The summed E-state index contributed by atoms with van der Waals surface area (Å²) in [7, 11) is 0. The molecule has 0 bridgehead atoms. The molecule has 0 spiro atoms. The first-order valence-corrected chi connectivity index (χ1v) is 4.78. The summed E-state index contributed by atoms with van der Waals surface area (Å²) in [5, 5.41) is 10.2. The van der Waals surface area contributed by atoms with E-state index in [1.165, 1.54) is 0 Å². The zero-order valence-corrected chi connectivity index (χ0v) is 7.96. The molecule has 2 atom stereocenters. The number of rotatable bonds is 2. The second-order valence-electron chi connectivity index (χ2n) is 3.54. The smallest absolute Gasteiger partial charge is 0.119 e. The van der Waals surface area contributed by atoms with E-state index in [4.69, 9.17) is 17.3 Å². The standard InChI is InChI=1S/C10H12ClNO/c11-7-1-2-10(13)9(4-7)8-3-6(8)5-12/h1-2,4,6,8,13H,3,5,12H2/t6-,8+/m0/s1. The van der Waals surface area contributed by atoms with Gasteiger partial charge in [0.15, 0.2) is 0 Å². The van der Waals surface area contributed by atoms with Gasteiger partial charge in [-0.05, 0) is 48.6 Å². The summed E-state index contributed by atoms with van der Waals surface area (Å²) in [4.78, 5) is 0. The highest BCUT2D eigenvalue weighted by Gasteiger charge is 2.38. The van der Waals surface area contributed by atoms with Crippen molar-refractivity contribution in [2.75, 3.05) is 6.54 Å². The fourth-order valence-electron chi connectivity index (χ4n) is 1.71. The molecule has 1 aliphatic rings. The first-order chi connectivity index (χ1) is 6.22. The van der Waals surface area contributed by atoms with Crippen LogP contribution in [0.3, 0.4) is 0 Å². The Bertz CT molecular complexity index is 327. The van der Waals surface area contributed by atoms with Gasteiger partial charge in [-0.2, -0.15) is 0 Å². The quantitative estimate of drug-likeness (QED) is 0.763. The molecule has 0 saturated heterocycles. The molecule has 0 aromatic heterocycles. The zero-order chi connectivity index (χ0) is 9.42. The average Bonchev–Trinajstić information content (AvgIpc) is 2.88. The molecule has 2 nitrogen and oxygen atoms in total. The number of halogens is 1. The highest BCUT2D eigenvalue weighted by molar-refractivity contribution is 6.30. The van der Waals surface area contributed by atoms with Crippen LogP contribution in [0, 0.1) is 5.92 Å². The Morgan fingerprint density at radius 2 is 2.31 bits per heavy atom. The van der Waals surface area contributed by atoms with E-state index in [1.807, 2.05) is 6.07 Å². The maximum atomic E-state index is 9.56. The number of phenolic OH excluding ortho intramolecular Hbond substituents is 1. The Balaban J connectivity index is 2.25. The summed E-state index contributed by atoms with van der Waals surface area (Å²) in [5.74, 6) is 1.29. The molecular formula is C10H12ClNO. The van der Waals surface area contributed by atoms with Crippen molar-refractivity contribution >= 4 is 11.6 Å². The van der Waals surface area contributed by atoms with Crippen LogP contribution in [0.2, 0.25) is 5.02 Å². The average molecular weight is 198 g/mol. The maximum absolute atomic E-state index is 9.56. The van der Waals surface area contributed by atoms with E-state index in [0.717, 1.165) is 12.0 Å². The van der Waals surface area contributed by atoms with Gasteiger partial charge in [0.1, 0.15) is 5.75 Å². The molecule has 1 aliphatic carbocycles. The minimum Gasteiger partial charge on any atom is -0.508 e. The molecule has 3 heteroatoms. The molecule has 1 aromatic rings. The second kappa shape index (κ2) is 3.20. The summed E-state index contributed by atoms with van der Waals surface area (Å²) in [5.41, 5.74) is 6.48. The highest BCUT2D eigenvalue weighted by atomic mass is 35.5. The molecular weight excluding hydrogens is 186 g/mol. The molecule has 70 valence electrons.